The van der Waals surface area contributed by atoms with Crippen LogP contribution in [0, 0.1) is 5.82 Å². The smallest absolute Gasteiger partial charge is 0.137 e. The molecule has 1 aliphatic rings. The minimum atomic E-state index is -0.277. The van der Waals surface area contributed by atoms with E-state index in [1.165, 1.54) is 6.07 Å². The summed E-state index contributed by atoms with van der Waals surface area (Å²) in [5.74, 6) is 0.324. The van der Waals surface area contributed by atoms with Crippen molar-refractivity contribution in [1.82, 2.24) is 4.98 Å². The van der Waals surface area contributed by atoms with Crippen LogP contribution in [0.25, 0.3) is 10.8 Å². The number of nitrogens with zero attached hydrogens (tertiary/aromatic N) is 1. The number of hydrogen-bond acceptors (Lipinski definition) is 3. The number of anilines is 2. The highest BCUT2D eigenvalue weighted by molar-refractivity contribution is 5.99. The maximum absolute atomic E-state index is 13.8. The first-order valence-corrected chi connectivity index (χ1v) is 5.35. The SMILES string of the molecule is Nc1ccc(F)c2c(NC3CC3)nccc12. The zero-order valence-corrected chi connectivity index (χ0v) is 8.70. The lowest BCUT2D eigenvalue weighted by atomic mass is 10.1. The predicted octanol–water partition coefficient (Wildman–Crippen LogP) is 2.53. The summed E-state index contributed by atoms with van der Waals surface area (Å²) in [4.78, 5) is 4.18. The Morgan fingerprint density at radius 2 is 2.12 bits per heavy atom. The second kappa shape index (κ2) is 3.33. The molecule has 1 aromatic heterocycles. The van der Waals surface area contributed by atoms with Gasteiger partial charge >= 0.3 is 0 Å². The maximum atomic E-state index is 13.8. The van der Waals surface area contributed by atoms with Gasteiger partial charge in [0.05, 0.1) is 5.39 Å². The molecular formula is C12H12FN3. The van der Waals surface area contributed by atoms with E-state index in [2.05, 4.69) is 10.3 Å². The van der Waals surface area contributed by atoms with Gasteiger partial charge in [-0.1, -0.05) is 0 Å². The Kier molecular flexibility index (Phi) is 1.96. The Balaban J connectivity index is 2.23. The van der Waals surface area contributed by atoms with E-state index in [4.69, 9.17) is 5.73 Å². The highest BCUT2D eigenvalue weighted by Crippen LogP contribution is 2.31. The van der Waals surface area contributed by atoms with Crippen LogP contribution in [0.4, 0.5) is 15.9 Å². The number of pyridine rings is 1. The van der Waals surface area contributed by atoms with Gasteiger partial charge in [-0.2, -0.15) is 0 Å². The molecular weight excluding hydrogens is 205 g/mol. The van der Waals surface area contributed by atoms with E-state index in [-0.39, 0.29) is 5.82 Å². The Morgan fingerprint density at radius 3 is 2.88 bits per heavy atom. The number of benzene rings is 1. The molecule has 0 saturated heterocycles. The van der Waals surface area contributed by atoms with Crippen molar-refractivity contribution >= 4 is 22.3 Å². The van der Waals surface area contributed by atoms with Gasteiger partial charge in [0, 0.05) is 23.3 Å². The lowest BCUT2D eigenvalue weighted by Crippen LogP contribution is -2.04. The van der Waals surface area contributed by atoms with Crippen LogP contribution in [-0.2, 0) is 0 Å². The quantitative estimate of drug-likeness (QED) is 0.760. The molecule has 0 spiro atoms. The summed E-state index contributed by atoms with van der Waals surface area (Å²) in [5.41, 5.74) is 6.40. The van der Waals surface area contributed by atoms with E-state index >= 15 is 0 Å². The lowest BCUT2D eigenvalue weighted by Gasteiger charge is -2.09. The Labute approximate surface area is 92.5 Å². The lowest BCUT2D eigenvalue weighted by molar-refractivity contribution is 0.640. The molecule has 1 saturated carbocycles. The van der Waals surface area contributed by atoms with Crippen molar-refractivity contribution in [1.29, 1.82) is 0 Å². The van der Waals surface area contributed by atoms with E-state index in [1.54, 1.807) is 18.3 Å². The summed E-state index contributed by atoms with van der Waals surface area (Å²) in [6, 6.07) is 5.15. The van der Waals surface area contributed by atoms with Gasteiger partial charge in [0.2, 0.25) is 0 Å². The van der Waals surface area contributed by atoms with Crippen LogP contribution in [0.3, 0.4) is 0 Å². The third-order valence-electron chi connectivity index (χ3n) is 2.83. The third-order valence-corrected chi connectivity index (χ3v) is 2.83. The number of fused-ring (bicyclic) bond motifs is 1. The average Bonchev–Trinajstić information content (AvgIpc) is 3.08. The number of aromatic nitrogens is 1. The van der Waals surface area contributed by atoms with Crippen LogP contribution < -0.4 is 11.1 Å². The van der Waals surface area contributed by atoms with Crippen LogP contribution in [0.15, 0.2) is 24.4 Å². The molecule has 0 atom stereocenters. The van der Waals surface area contributed by atoms with Crippen molar-refractivity contribution in [3.8, 4) is 0 Å². The van der Waals surface area contributed by atoms with Crippen LogP contribution in [-0.4, -0.2) is 11.0 Å². The summed E-state index contributed by atoms with van der Waals surface area (Å²) in [6.07, 6.45) is 3.91. The van der Waals surface area contributed by atoms with Crippen molar-refractivity contribution in [3.63, 3.8) is 0 Å². The largest absolute Gasteiger partial charge is 0.398 e. The van der Waals surface area contributed by atoms with E-state index in [0.717, 1.165) is 18.2 Å². The van der Waals surface area contributed by atoms with Gasteiger partial charge in [-0.25, -0.2) is 9.37 Å². The van der Waals surface area contributed by atoms with Gasteiger partial charge in [0.15, 0.2) is 0 Å². The Hall–Kier alpha value is -1.84. The highest BCUT2D eigenvalue weighted by Gasteiger charge is 2.23. The number of nitrogens with two attached hydrogens (primary N) is 1. The molecule has 0 bridgehead atoms. The Bertz CT molecular complexity index is 549. The third kappa shape index (κ3) is 1.46. The minimum Gasteiger partial charge on any atom is -0.398 e. The molecule has 0 aliphatic heterocycles. The molecule has 1 heterocycles. The molecule has 4 heteroatoms. The molecule has 1 aromatic carbocycles. The monoisotopic (exact) mass is 217 g/mol. The fraction of sp³-hybridized carbons (Fsp3) is 0.250. The molecule has 0 unspecified atom stereocenters. The van der Waals surface area contributed by atoms with Gasteiger partial charge in [-0.05, 0) is 31.0 Å². The van der Waals surface area contributed by atoms with E-state index in [1.807, 2.05) is 0 Å². The minimum absolute atomic E-state index is 0.277. The van der Waals surface area contributed by atoms with Crippen LogP contribution >= 0.6 is 0 Å². The van der Waals surface area contributed by atoms with Crippen molar-refractivity contribution < 1.29 is 4.39 Å². The number of nitrogens with one attached hydrogen (secondary N) is 1. The van der Waals surface area contributed by atoms with Gasteiger partial charge < -0.3 is 11.1 Å². The zero-order valence-electron chi connectivity index (χ0n) is 8.70. The number of nitrogen functional groups attached to an aromatic ring is 1. The van der Waals surface area contributed by atoms with Crippen LogP contribution in [0.1, 0.15) is 12.8 Å². The second-order valence-electron chi connectivity index (χ2n) is 4.14. The Morgan fingerprint density at radius 1 is 1.31 bits per heavy atom. The van der Waals surface area contributed by atoms with Crippen molar-refractivity contribution in [2.24, 2.45) is 0 Å². The molecule has 1 fully saturated rings. The predicted molar refractivity (Wildman–Crippen MR) is 62.8 cm³/mol. The molecule has 0 amide bonds. The summed E-state index contributed by atoms with van der Waals surface area (Å²) in [7, 11) is 0. The molecule has 3 rings (SSSR count). The number of hydrogen-bond donors (Lipinski definition) is 2. The van der Waals surface area contributed by atoms with E-state index < -0.39 is 0 Å². The molecule has 3 nitrogen and oxygen atoms in total. The highest BCUT2D eigenvalue weighted by atomic mass is 19.1. The molecule has 3 N–H and O–H groups in total. The fourth-order valence-corrected chi connectivity index (χ4v) is 1.81. The first-order valence-electron chi connectivity index (χ1n) is 5.35. The van der Waals surface area contributed by atoms with Gasteiger partial charge in [0.1, 0.15) is 11.6 Å². The standard InChI is InChI=1S/C12H12FN3/c13-9-3-4-10(14)8-5-6-15-12(11(8)9)16-7-1-2-7/h3-7H,1-2,14H2,(H,15,16). The normalized spacial score (nSPS) is 15.3. The summed E-state index contributed by atoms with van der Waals surface area (Å²) in [6.45, 7) is 0. The van der Waals surface area contributed by atoms with E-state index in [0.29, 0.717) is 22.9 Å². The summed E-state index contributed by atoms with van der Waals surface area (Å²) in [5, 5.41) is 4.44. The first kappa shape index (κ1) is 9.39. The summed E-state index contributed by atoms with van der Waals surface area (Å²) < 4.78 is 13.8. The average molecular weight is 217 g/mol. The van der Waals surface area contributed by atoms with Crippen molar-refractivity contribution in [2.75, 3.05) is 11.1 Å². The van der Waals surface area contributed by atoms with Crippen LogP contribution in [0.5, 0.6) is 0 Å². The molecule has 0 radical (unpaired) electrons. The molecule has 1 aliphatic carbocycles. The topological polar surface area (TPSA) is 50.9 Å². The maximum Gasteiger partial charge on any atom is 0.137 e. The second-order valence-corrected chi connectivity index (χ2v) is 4.14. The first-order chi connectivity index (χ1) is 7.75. The van der Waals surface area contributed by atoms with Crippen molar-refractivity contribution in [2.45, 2.75) is 18.9 Å². The number of rotatable bonds is 2. The molecule has 82 valence electrons. The molecule has 2 aromatic rings. The zero-order chi connectivity index (χ0) is 11.1. The van der Waals surface area contributed by atoms with Gasteiger partial charge in [-0.3, -0.25) is 0 Å². The summed E-state index contributed by atoms with van der Waals surface area (Å²) >= 11 is 0. The number of halogens is 1. The van der Waals surface area contributed by atoms with Gasteiger partial charge in [-0.15, -0.1) is 0 Å². The van der Waals surface area contributed by atoms with Crippen LogP contribution in [0.2, 0.25) is 0 Å². The van der Waals surface area contributed by atoms with E-state index in [9.17, 15) is 4.39 Å². The fourth-order valence-electron chi connectivity index (χ4n) is 1.81. The van der Waals surface area contributed by atoms with Gasteiger partial charge in [0.25, 0.3) is 0 Å². The van der Waals surface area contributed by atoms with Crippen molar-refractivity contribution in [3.05, 3.63) is 30.2 Å². The molecule has 16 heavy (non-hydrogen) atoms.